The molecule has 5 heterocycles. The van der Waals surface area contributed by atoms with Gasteiger partial charge in [-0.2, -0.15) is 0 Å². The molecule has 0 unspecified atom stereocenters. The number of carbonyl (C=O) groups is 1. The van der Waals surface area contributed by atoms with Crippen LogP contribution in [0.15, 0.2) is 29.8 Å². The number of hydrogen-bond donors (Lipinski definition) is 0. The van der Waals surface area contributed by atoms with Gasteiger partial charge in [-0.25, -0.2) is 0 Å². The normalized spacial score (nSPS) is 43.3. The van der Waals surface area contributed by atoms with Crippen LogP contribution in [0.1, 0.15) is 24.8 Å². The molecule has 1 aromatic rings. The molecule has 3 saturated heterocycles. The number of carbonyl (C=O) groups excluding carboxylic acids is 1. The first-order valence-corrected chi connectivity index (χ1v) is 10.3. The van der Waals surface area contributed by atoms with Crippen LogP contribution in [0.3, 0.4) is 0 Å². The summed E-state index contributed by atoms with van der Waals surface area (Å²) >= 11 is 0. The highest BCUT2D eigenvalue weighted by atomic mass is 16.5. The minimum atomic E-state index is 0.0658. The van der Waals surface area contributed by atoms with E-state index in [1.807, 2.05) is 0 Å². The number of nitrogens with zero attached hydrogens (tertiary/aromatic N) is 2. The van der Waals surface area contributed by atoms with Crippen LogP contribution in [0.25, 0.3) is 0 Å². The number of anilines is 1. The lowest BCUT2D eigenvalue weighted by Gasteiger charge is -2.58. The minimum absolute atomic E-state index is 0.0658. The van der Waals surface area contributed by atoms with Crippen molar-refractivity contribution in [3.63, 3.8) is 0 Å². The number of fused-ring (bicyclic) bond motifs is 2. The van der Waals surface area contributed by atoms with Crippen LogP contribution in [-0.4, -0.2) is 55.8 Å². The molecule has 6 aliphatic rings. The fourth-order valence-corrected chi connectivity index (χ4v) is 7.66. The molecule has 6 atom stereocenters. The lowest BCUT2D eigenvalue weighted by molar-refractivity contribution is -0.132. The van der Waals surface area contributed by atoms with Crippen LogP contribution in [-0.2, 0) is 14.9 Å². The maximum Gasteiger partial charge on any atom is 0.229 e. The van der Waals surface area contributed by atoms with Gasteiger partial charge >= 0.3 is 0 Å². The predicted molar refractivity (Wildman–Crippen MR) is 100.0 cm³/mol. The molecule has 5 heteroatoms. The molecule has 27 heavy (non-hydrogen) atoms. The highest BCUT2D eigenvalue weighted by Gasteiger charge is 2.71. The van der Waals surface area contributed by atoms with E-state index in [-0.39, 0.29) is 23.5 Å². The van der Waals surface area contributed by atoms with Gasteiger partial charge in [0, 0.05) is 30.0 Å². The molecule has 0 aromatic heterocycles. The molecule has 7 rings (SSSR count). The molecule has 1 spiro atoms. The smallest absolute Gasteiger partial charge is 0.229 e. The van der Waals surface area contributed by atoms with Crippen molar-refractivity contribution in [2.75, 3.05) is 31.7 Å². The quantitative estimate of drug-likeness (QED) is 0.716. The highest BCUT2D eigenvalue weighted by molar-refractivity contribution is 5.99. The summed E-state index contributed by atoms with van der Waals surface area (Å²) in [4.78, 5) is 18.2. The molecule has 5 aliphatic heterocycles. The molecule has 1 aromatic carbocycles. The van der Waals surface area contributed by atoms with Gasteiger partial charge in [0.25, 0.3) is 0 Å². The number of amides is 1. The second-order valence-electron chi connectivity index (χ2n) is 9.14. The number of hydrogen-bond acceptors (Lipinski definition) is 4. The Kier molecular flexibility index (Phi) is 2.66. The Morgan fingerprint density at radius 2 is 2.26 bits per heavy atom. The second kappa shape index (κ2) is 4.76. The van der Waals surface area contributed by atoms with Gasteiger partial charge in [0.1, 0.15) is 5.75 Å². The summed E-state index contributed by atoms with van der Waals surface area (Å²) in [6, 6.07) is 7.22. The largest absolute Gasteiger partial charge is 0.497 e. The van der Waals surface area contributed by atoms with E-state index < -0.39 is 0 Å². The number of piperidine rings is 2. The van der Waals surface area contributed by atoms with E-state index in [1.165, 1.54) is 12.0 Å². The average Bonchev–Trinajstić information content (AvgIpc) is 3.15. The van der Waals surface area contributed by atoms with E-state index >= 15 is 0 Å². The zero-order chi connectivity index (χ0) is 17.9. The van der Waals surface area contributed by atoms with Crippen molar-refractivity contribution in [3.8, 4) is 5.75 Å². The van der Waals surface area contributed by atoms with Crippen molar-refractivity contribution in [1.82, 2.24) is 4.90 Å². The van der Waals surface area contributed by atoms with E-state index in [0.717, 1.165) is 30.9 Å². The van der Waals surface area contributed by atoms with Crippen molar-refractivity contribution < 1.29 is 14.3 Å². The third kappa shape index (κ3) is 1.56. The van der Waals surface area contributed by atoms with Crippen molar-refractivity contribution in [3.05, 3.63) is 35.4 Å². The summed E-state index contributed by atoms with van der Waals surface area (Å²) in [5, 5.41) is 0. The van der Waals surface area contributed by atoms with Crippen LogP contribution < -0.4 is 9.64 Å². The van der Waals surface area contributed by atoms with Gasteiger partial charge in [0.05, 0.1) is 38.0 Å². The molecule has 0 radical (unpaired) electrons. The number of ether oxygens (including phenoxy) is 2. The summed E-state index contributed by atoms with van der Waals surface area (Å²) < 4.78 is 11.8. The van der Waals surface area contributed by atoms with Crippen molar-refractivity contribution >= 4 is 11.6 Å². The van der Waals surface area contributed by atoms with Gasteiger partial charge in [-0.05, 0) is 36.9 Å². The van der Waals surface area contributed by atoms with Gasteiger partial charge < -0.3 is 14.4 Å². The van der Waals surface area contributed by atoms with E-state index in [2.05, 4.69) is 34.1 Å². The zero-order valence-electron chi connectivity index (χ0n) is 15.6. The zero-order valence-corrected chi connectivity index (χ0v) is 15.6. The third-order valence-electron chi connectivity index (χ3n) is 8.52. The Bertz CT molecular complexity index is 911. The molecule has 4 fully saturated rings. The average molecular weight is 364 g/mol. The lowest BCUT2D eigenvalue weighted by atomic mass is 9.53. The lowest BCUT2D eigenvalue weighted by Crippen LogP contribution is -2.69. The van der Waals surface area contributed by atoms with Gasteiger partial charge in [-0.1, -0.05) is 17.7 Å². The third-order valence-corrected chi connectivity index (χ3v) is 8.52. The van der Waals surface area contributed by atoms with E-state index in [1.54, 1.807) is 12.7 Å². The molecule has 0 N–H and O–H groups in total. The van der Waals surface area contributed by atoms with E-state index in [4.69, 9.17) is 9.47 Å². The van der Waals surface area contributed by atoms with Crippen LogP contribution in [0, 0.1) is 11.8 Å². The van der Waals surface area contributed by atoms with Crippen LogP contribution >= 0.6 is 0 Å². The first kappa shape index (κ1) is 15.1. The van der Waals surface area contributed by atoms with Gasteiger partial charge in [0.2, 0.25) is 5.91 Å². The second-order valence-corrected chi connectivity index (χ2v) is 9.14. The molecule has 2 bridgehead atoms. The van der Waals surface area contributed by atoms with Crippen molar-refractivity contribution in [2.45, 2.75) is 42.9 Å². The van der Waals surface area contributed by atoms with Crippen LogP contribution in [0.2, 0.25) is 0 Å². The summed E-state index contributed by atoms with van der Waals surface area (Å²) in [5.74, 6) is 2.07. The maximum atomic E-state index is 13.3. The summed E-state index contributed by atoms with van der Waals surface area (Å²) in [5.41, 5.74) is 4.12. The van der Waals surface area contributed by atoms with Crippen molar-refractivity contribution in [1.29, 1.82) is 0 Å². The number of rotatable bonds is 1. The number of benzene rings is 1. The Labute approximate surface area is 158 Å². The Morgan fingerprint density at radius 3 is 3.15 bits per heavy atom. The molecular weight excluding hydrogens is 340 g/mol. The first-order valence-electron chi connectivity index (χ1n) is 10.3. The summed E-state index contributed by atoms with van der Waals surface area (Å²) in [6.45, 7) is 2.89. The minimum Gasteiger partial charge on any atom is -0.497 e. The van der Waals surface area contributed by atoms with E-state index in [0.29, 0.717) is 30.9 Å². The fraction of sp³-hybridized carbons (Fsp3) is 0.591. The molecule has 140 valence electrons. The summed E-state index contributed by atoms with van der Waals surface area (Å²) in [7, 11) is 1.70. The Morgan fingerprint density at radius 1 is 1.33 bits per heavy atom. The van der Waals surface area contributed by atoms with Crippen LogP contribution in [0.4, 0.5) is 5.69 Å². The molecule has 1 amide bonds. The molecule has 5 nitrogen and oxygen atoms in total. The van der Waals surface area contributed by atoms with Gasteiger partial charge in [-0.15, -0.1) is 0 Å². The molecule has 1 aliphatic carbocycles. The Balaban J connectivity index is 1.52. The van der Waals surface area contributed by atoms with Gasteiger partial charge in [-0.3, -0.25) is 9.69 Å². The Hall–Kier alpha value is -1.85. The van der Waals surface area contributed by atoms with Crippen LogP contribution in [0.5, 0.6) is 5.75 Å². The van der Waals surface area contributed by atoms with Gasteiger partial charge in [0.15, 0.2) is 0 Å². The number of methoxy groups -OCH3 is 1. The maximum absolute atomic E-state index is 13.3. The topological polar surface area (TPSA) is 42.0 Å². The monoisotopic (exact) mass is 364 g/mol. The first-order chi connectivity index (χ1) is 13.2. The summed E-state index contributed by atoms with van der Waals surface area (Å²) in [6.07, 6.45) is 5.28. The molecular formula is C22H24N2O3. The fourth-order valence-electron chi connectivity index (χ4n) is 7.66. The SMILES string of the molecule is COc1ccc2c(c1)N1C(=O)C[C@@H]3OCC=C4CN5CC[C@]26[C@@H]5C[C@@H]4[C@@H]3[C@@H]16. The highest BCUT2D eigenvalue weighted by Crippen LogP contribution is 2.65. The molecule has 1 saturated carbocycles. The van der Waals surface area contributed by atoms with E-state index in [9.17, 15) is 4.79 Å². The standard InChI is InChI=1S/C22H24N2O3/c1-26-13-2-3-15-16(8-13)24-19(25)10-17-20-14-9-18-22(15,21(20)24)5-6-23(18)11-12(14)4-7-27-17/h2-4,8,14,17-18,20-21H,5-7,9-11H2,1H3/t14-,17-,18-,20-,21+,22+/m0/s1. The van der Waals surface area contributed by atoms with Crippen molar-refractivity contribution in [2.24, 2.45) is 11.8 Å². The predicted octanol–water partition coefficient (Wildman–Crippen LogP) is 2.10.